The van der Waals surface area contributed by atoms with Gasteiger partial charge in [-0.1, -0.05) is 44.2 Å². The maximum absolute atomic E-state index is 12.7. The van der Waals surface area contributed by atoms with Crippen LogP contribution in [0.25, 0.3) is 0 Å². The van der Waals surface area contributed by atoms with Gasteiger partial charge in [0.2, 0.25) is 5.91 Å². The van der Waals surface area contributed by atoms with E-state index in [-0.39, 0.29) is 23.8 Å². The summed E-state index contributed by atoms with van der Waals surface area (Å²) in [6.45, 7) is 5.64. The summed E-state index contributed by atoms with van der Waals surface area (Å²) >= 11 is 0. The Bertz CT molecular complexity index is 544. The number of carbonyl (C=O) groups excluding carboxylic acids is 1. The lowest BCUT2D eigenvalue weighted by atomic mass is 9.91. The minimum absolute atomic E-state index is 0.0669. The second-order valence-electron chi connectivity index (χ2n) is 7.76. The van der Waals surface area contributed by atoms with Crippen LogP contribution in [0.5, 0.6) is 0 Å². The molecule has 1 amide bonds. The molecule has 0 saturated carbocycles. The maximum atomic E-state index is 12.7. The van der Waals surface area contributed by atoms with Crippen LogP contribution in [0.3, 0.4) is 0 Å². The molecule has 4 nitrogen and oxygen atoms in total. The number of hydrogen-bond acceptors (Lipinski definition) is 3. The second kappa shape index (κ2) is 6.62. The number of rotatable bonds is 5. The highest BCUT2D eigenvalue weighted by molar-refractivity contribution is 5.80. The van der Waals surface area contributed by atoms with Crippen molar-refractivity contribution in [1.29, 1.82) is 0 Å². The van der Waals surface area contributed by atoms with Crippen LogP contribution in [0.15, 0.2) is 30.3 Å². The highest BCUT2D eigenvalue weighted by Crippen LogP contribution is 2.44. The fourth-order valence-electron chi connectivity index (χ4n) is 3.96. The lowest BCUT2D eigenvalue weighted by molar-refractivity contribution is -0.126. The molecule has 23 heavy (non-hydrogen) atoms. The quantitative estimate of drug-likeness (QED) is 0.877. The van der Waals surface area contributed by atoms with Gasteiger partial charge in [0.05, 0.1) is 5.92 Å². The third-order valence-electron chi connectivity index (χ3n) is 5.37. The highest BCUT2D eigenvalue weighted by Gasteiger charge is 2.47. The van der Waals surface area contributed by atoms with Gasteiger partial charge in [-0.25, -0.2) is 0 Å². The number of benzene rings is 1. The monoisotopic (exact) mass is 316 g/mol. The molecule has 3 atom stereocenters. The third-order valence-corrected chi connectivity index (χ3v) is 5.37. The number of aliphatic hydroxyl groups is 1. The molecule has 126 valence electrons. The van der Waals surface area contributed by atoms with E-state index in [1.165, 1.54) is 12.0 Å². The molecule has 2 N–H and O–H groups in total. The molecule has 1 aromatic rings. The van der Waals surface area contributed by atoms with Gasteiger partial charge in [0.1, 0.15) is 0 Å². The van der Waals surface area contributed by atoms with Gasteiger partial charge in [0.25, 0.3) is 0 Å². The van der Waals surface area contributed by atoms with E-state index in [9.17, 15) is 9.90 Å². The first-order valence-electron chi connectivity index (χ1n) is 8.71. The van der Waals surface area contributed by atoms with Crippen molar-refractivity contribution in [2.24, 2.45) is 11.3 Å². The first-order valence-corrected chi connectivity index (χ1v) is 8.71. The molecule has 2 saturated heterocycles. The highest BCUT2D eigenvalue weighted by atomic mass is 16.3. The number of nitrogens with zero attached hydrogens (tertiary/aromatic N) is 1. The molecule has 0 unspecified atom stereocenters. The van der Waals surface area contributed by atoms with Crippen LogP contribution >= 0.6 is 0 Å². The van der Waals surface area contributed by atoms with E-state index >= 15 is 0 Å². The molecule has 0 spiro atoms. The number of amides is 1. The summed E-state index contributed by atoms with van der Waals surface area (Å²) in [6.07, 6.45) is 3.20. The summed E-state index contributed by atoms with van der Waals surface area (Å²) in [5.74, 6) is 0.221. The minimum Gasteiger partial charge on any atom is -0.396 e. The molecule has 2 heterocycles. The molecular weight excluding hydrogens is 288 g/mol. The zero-order chi connectivity index (χ0) is 16.4. The average molecular weight is 316 g/mol. The molecule has 2 aliphatic heterocycles. The molecule has 3 rings (SSSR count). The van der Waals surface area contributed by atoms with Gasteiger partial charge in [-0.2, -0.15) is 0 Å². The van der Waals surface area contributed by atoms with E-state index in [0.717, 1.165) is 19.4 Å². The Hall–Kier alpha value is -1.39. The van der Waals surface area contributed by atoms with Crippen LogP contribution in [0.1, 0.15) is 44.7 Å². The summed E-state index contributed by atoms with van der Waals surface area (Å²) in [7, 11) is 0. The number of fused-ring (bicyclic) bond motifs is 1. The van der Waals surface area contributed by atoms with Crippen LogP contribution in [0.4, 0.5) is 0 Å². The van der Waals surface area contributed by atoms with Gasteiger partial charge in [-0.3, -0.25) is 9.69 Å². The summed E-state index contributed by atoms with van der Waals surface area (Å²) in [5, 5.41) is 12.4. The van der Waals surface area contributed by atoms with E-state index in [1.54, 1.807) is 0 Å². The maximum Gasteiger partial charge on any atom is 0.224 e. The van der Waals surface area contributed by atoms with Crippen LogP contribution < -0.4 is 5.32 Å². The number of hydrogen-bond donors (Lipinski definition) is 2. The van der Waals surface area contributed by atoms with Gasteiger partial charge in [-0.05, 0) is 31.4 Å². The van der Waals surface area contributed by atoms with Gasteiger partial charge < -0.3 is 10.4 Å². The van der Waals surface area contributed by atoms with Gasteiger partial charge in [-0.15, -0.1) is 0 Å². The Kier molecular flexibility index (Phi) is 4.74. The standard InChI is InChI=1S/C19H28N2O2/c1-19(2,13-22)12-20-18(23)15-11-17(14-7-4-3-5-8-14)21-10-6-9-16(15)21/h3-5,7-8,15-17,22H,6,9-13H2,1-2H3,(H,20,23)/t15-,16+,17-/m0/s1. The van der Waals surface area contributed by atoms with Crippen molar-refractivity contribution in [2.75, 3.05) is 19.7 Å². The van der Waals surface area contributed by atoms with Crippen LogP contribution in [0.2, 0.25) is 0 Å². The zero-order valence-corrected chi connectivity index (χ0v) is 14.2. The van der Waals surface area contributed by atoms with Crippen molar-refractivity contribution >= 4 is 5.91 Å². The first kappa shape index (κ1) is 16.5. The predicted octanol–water partition coefficient (Wildman–Crippen LogP) is 2.35. The Morgan fingerprint density at radius 2 is 2.09 bits per heavy atom. The molecule has 1 aromatic carbocycles. The van der Waals surface area contributed by atoms with Crippen molar-refractivity contribution in [3.63, 3.8) is 0 Å². The molecule has 0 aliphatic carbocycles. The molecular formula is C19H28N2O2. The molecule has 0 aromatic heterocycles. The van der Waals surface area contributed by atoms with Crippen molar-refractivity contribution < 1.29 is 9.90 Å². The van der Waals surface area contributed by atoms with E-state index in [0.29, 0.717) is 18.6 Å². The van der Waals surface area contributed by atoms with E-state index < -0.39 is 0 Å². The van der Waals surface area contributed by atoms with Crippen molar-refractivity contribution in [2.45, 2.75) is 45.2 Å². The zero-order valence-electron chi connectivity index (χ0n) is 14.2. The second-order valence-corrected chi connectivity index (χ2v) is 7.76. The minimum atomic E-state index is -0.261. The molecule has 0 bridgehead atoms. The van der Waals surface area contributed by atoms with Crippen molar-refractivity contribution in [3.8, 4) is 0 Å². The molecule has 2 aliphatic rings. The van der Waals surface area contributed by atoms with Gasteiger partial charge in [0.15, 0.2) is 0 Å². The van der Waals surface area contributed by atoms with E-state index in [4.69, 9.17) is 0 Å². The molecule has 0 radical (unpaired) electrons. The SMILES string of the molecule is CC(C)(CO)CNC(=O)[C@H]1C[C@@H](c2ccccc2)N2CCC[C@H]12. The Morgan fingerprint density at radius 3 is 2.78 bits per heavy atom. The Morgan fingerprint density at radius 1 is 1.35 bits per heavy atom. The van der Waals surface area contributed by atoms with Gasteiger partial charge in [0, 0.05) is 30.7 Å². The summed E-state index contributed by atoms with van der Waals surface area (Å²) in [4.78, 5) is 15.2. The predicted molar refractivity (Wildman–Crippen MR) is 90.9 cm³/mol. The largest absolute Gasteiger partial charge is 0.396 e. The Labute approximate surface area is 138 Å². The molecule has 4 heteroatoms. The Balaban J connectivity index is 1.70. The fraction of sp³-hybridized carbons (Fsp3) is 0.632. The van der Waals surface area contributed by atoms with E-state index in [1.807, 2.05) is 19.9 Å². The van der Waals surface area contributed by atoms with Crippen LogP contribution in [-0.2, 0) is 4.79 Å². The van der Waals surface area contributed by atoms with Gasteiger partial charge >= 0.3 is 0 Å². The number of nitrogens with one attached hydrogen (secondary N) is 1. The first-order chi connectivity index (χ1) is 11.0. The number of carbonyl (C=O) groups is 1. The average Bonchev–Trinajstić information content (AvgIpc) is 3.16. The third kappa shape index (κ3) is 3.43. The lowest BCUT2D eigenvalue weighted by Gasteiger charge is -2.25. The van der Waals surface area contributed by atoms with Crippen molar-refractivity contribution in [1.82, 2.24) is 10.2 Å². The van der Waals surface area contributed by atoms with Crippen molar-refractivity contribution in [3.05, 3.63) is 35.9 Å². The van der Waals surface area contributed by atoms with Crippen LogP contribution in [0, 0.1) is 11.3 Å². The van der Waals surface area contributed by atoms with E-state index in [2.05, 4.69) is 34.5 Å². The molecule has 2 fully saturated rings. The normalized spacial score (nSPS) is 27.9. The van der Waals surface area contributed by atoms with Crippen LogP contribution in [-0.4, -0.2) is 41.7 Å². The smallest absolute Gasteiger partial charge is 0.224 e. The topological polar surface area (TPSA) is 52.6 Å². The summed E-state index contributed by atoms with van der Waals surface area (Å²) < 4.78 is 0. The lowest BCUT2D eigenvalue weighted by Crippen LogP contribution is -2.42. The summed E-state index contributed by atoms with van der Waals surface area (Å²) in [6, 6.07) is 11.3. The fourth-order valence-corrected chi connectivity index (χ4v) is 3.96. The summed E-state index contributed by atoms with van der Waals surface area (Å²) in [5.41, 5.74) is 1.06. The number of aliphatic hydroxyl groups excluding tert-OH is 1.